The van der Waals surface area contributed by atoms with Crippen LogP contribution in [0.5, 0.6) is 0 Å². The van der Waals surface area contributed by atoms with Crippen LogP contribution in [0.25, 0.3) is 0 Å². The van der Waals surface area contributed by atoms with Crippen LogP contribution in [0.2, 0.25) is 0 Å². The summed E-state index contributed by atoms with van der Waals surface area (Å²) >= 11 is 0. The number of hydrogen-bond acceptors (Lipinski definition) is 3. The van der Waals surface area contributed by atoms with Gasteiger partial charge in [-0.05, 0) is 18.6 Å². The van der Waals surface area contributed by atoms with Crippen LogP contribution in [-0.2, 0) is 20.3 Å². The van der Waals surface area contributed by atoms with E-state index >= 15 is 0 Å². The summed E-state index contributed by atoms with van der Waals surface area (Å²) in [5, 5.41) is 0. The fourth-order valence-electron chi connectivity index (χ4n) is 1.20. The molecule has 0 aromatic heterocycles. The highest BCUT2D eigenvalue weighted by molar-refractivity contribution is 7.85. The summed E-state index contributed by atoms with van der Waals surface area (Å²) < 4.78 is 16.3. The van der Waals surface area contributed by atoms with Gasteiger partial charge in [0.25, 0.3) is 0 Å². The van der Waals surface area contributed by atoms with Crippen molar-refractivity contribution in [3.63, 3.8) is 0 Å². The molecule has 1 rings (SSSR count). The highest BCUT2D eigenvalue weighted by Crippen LogP contribution is 2.12. The minimum absolute atomic E-state index is 0.192. The molecule has 3 nitrogen and oxygen atoms in total. The van der Waals surface area contributed by atoms with E-state index in [2.05, 4.69) is 4.74 Å². The Morgan fingerprint density at radius 3 is 2.67 bits per heavy atom. The molecule has 0 saturated heterocycles. The monoisotopic (exact) mass is 226 g/mol. The minimum Gasteiger partial charge on any atom is -0.469 e. The number of methoxy groups -OCH3 is 1. The maximum absolute atomic E-state index is 11.8. The van der Waals surface area contributed by atoms with Crippen molar-refractivity contribution in [3.8, 4) is 0 Å². The first-order valence-corrected chi connectivity index (χ1v) is 5.98. The Kier molecular flexibility index (Phi) is 4.49. The smallest absolute Gasteiger partial charge is 0.306 e. The molecule has 0 N–H and O–H groups in total. The number of hydrogen-bond donors (Lipinski definition) is 0. The zero-order chi connectivity index (χ0) is 11.3. The zero-order valence-electron chi connectivity index (χ0n) is 8.86. The molecule has 1 aromatic rings. The lowest BCUT2D eigenvalue weighted by Gasteiger charge is -2.04. The molecule has 1 unspecified atom stereocenters. The predicted molar refractivity (Wildman–Crippen MR) is 59.1 cm³/mol. The first-order chi connectivity index (χ1) is 7.15. The Bertz CT molecular complexity index is 374. The van der Waals surface area contributed by atoms with Crippen LogP contribution >= 0.6 is 0 Å². The molecule has 0 aliphatic carbocycles. The lowest BCUT2D eigenvalue weighted by molar-refractivity contribution is -0.140. The fourth-order valence-corrected chi connectivity index (χ4v) is 2.43. The zero-order valence-corrected chi connectivity index (χ0v) is 9.67. The number of carbonyl (C=O) groups is 1. The second-order valence-corrected chi connectivity index (χ2v) is 4.68. The summed E-state index contributed by atoms with van der Waals surface area (Å²) in [6.07, 6.45) is 0.192. The van der Waals surface area contributed by atoms with Gasteiger partial charge in [0, 0.05) is 10.6 Å². The maximum atomic E-state index is 11.8. The second-order valence-electron chi connectivity index (χ2n) is 3.14. The van der Waals surface area contributed by atoms with E-state index in [1.165, 1.54) is 7.11 Å². The van der Waals surface area contributed by atoms with Crippen LogP contribution < -0.4 is 0 Å². The van der Waals surface area contributed by atoms with E-state index in [1.807, 2.05) is 31.2 Å². The van der Waals surface area contributed by atoms with Crippen LogP contribution in [0.4, 0.5) is 0 Å². The van der Waals surface area contributed by atoms with E-state index in [9.17, 15) is 9.00 Å². The topological polar surface area (TPSA) is 43.4 Å². The van der Waals surface area contributed by atoms with E-state index in [0.29, 0.717) is 5.75 Å². The molecule has 0 aliphatic heterocycles. The van der Waals surface area contributed by atoms with Gasteiger partial charge >= 0.3 is 5.97 Å². The molecule has 15 heavy (non-hydrogen) atoms. The van der Waals surface area contributed by atoms with Crippen molar-refractivity contribution >= 4 is 16.8 Å². The molecule has 0 heterocycles. The molecule has 0 aliphatic rings. The molecule has 82 valence electrons. The highest BCUT2D eigenvalue weighted by atomic mass is 32.2. The Labute approximate surface area is 91.9 Å². The van der Waals surface area contributed by atoms with Gasteiger partial charge in [-0.3, -0.25) is 9.00 Å². The quantitative estimate of drug-likeness (QED) is 0.733. The van der Waals surface area contributed by atoms with Crippen molar-refractivity contribution in [2.45, 2.75) is 18.2 Å². The molecular weight excluding hydrogens is 212 g/mol. The molecule has 0 bridgehead atoms. The van der Waals surface area contributed by atoms with Gasteiger partial charge in [0.05, 0.1) is 24.3 Å². The molecule has 0 spiro atoms. The number of rotatable bonds is 4. The molecule has 0 fully saturated rings. The highest BCUT2D eigenvalue weighted by Gasteiger charge is 2.09. The first kappa shape index (κ1) is 11.9. The van der Waals surface area contributed by atoms with E-state index in [4.69, 9.17) is 0 Å². The number of aryl methyl sites for hydroxylation is 1. The van der Waals surface area contributed by atoms with Crippen molar-refractivity contribution < 1.29 is 13.7 Å². The van der Waals surface area contributed by atoms with Crippen molar-refractivity contribution in [1.82, 2.24) is 0 Å². The van der Waals surface area contributed by atoms with Crippen LogP contribution in [-0.4, -0.2) is 23.0 Å². The third-order valence-electron chi connectivity index (χ3n) is 2.06. The van der Waals surface area contributed by atoms with Gasteiger partial charge in [0.15, 0.2) is 0 Å². The molecular formula is C11H14O3S. The average molecular weight is 226 g/mol. The summed E-state index contributed by atoms with van der Waals surface area (Å²) in [5.41, 5.74) is 0.987. The van der Waals surface area contributed by atoms with E-state index in [0.717, 1.165) is 10.5 Å². The molecule has 4 heteroatoms. The van der Waals surface area contributed by atoms with Gasteiger partial charge in [-0.1, -0.05) is 18.2 Å². The first-order valence-electron chi connectivity index (χ1n) is 4.66. The number of carbonyl (C=O) groups excluding carboxylic acids is 1. The number of ether oxygens (including phenoxy) is 1. The minimum atomic E-state index is -1.12. The largest absolute Gasteiger partial charge is 0.469 e. The van der Waals surface area contributed by atoms with Gasteiger partial charge in [-0.2, -0.15) is 0 Å². The van der Waals surface area contributed by atoms with Crippen molar-refractivity contribution in [1.29, 1.82) is 0 Å². The Morgan fingerprint density at radius 2 is 2.07 bits per heavy atom. The van der Waals surface area contributed by atoms with Gasteiger partial charge in [-0.25, -0.2) is 0 Å². The van der Waals surface area contributed by atoms with Crippen LogP contribution in [0.1, 0.15) is 12.0 Å². The Morgan fingerprint density at radius 1 is 1.40 bits per heavy atom. The maximum Gasteiger partial charge on any atom is 0.306 e. The fraction of sp³-hybridized carbons (Fsp3) is 0.364. The lowest BCUT2D eigenvalue weighted by atomic mass is 10.2. The second kappa shape index (κ2) is 5.66. The summed E-state index contributed by atoms with van der Waals surface area (Å²) in [7, 11) is 0.214. The van der Waals surface area contributed by atoms with Crippen LogP contribution in [0, 0.1) is 6.92 Å². The Hall–Kier alpha value is -1.16. The third kappa shape index (κ3) is 3.47. The van der Waals surface area contributed by atoms with Gasteiger partial charge in [-0.15, -0.1) is 0 Å². The standard InChI is InChI=1S/C11H14O3S/c1-9-5-3-4-6-10(9)15(13)8-7-11(12)14-2/h3-6H,7-8H2,1-2H3. The summed E-state index contributed by atoms with van der Waals surface area (Å²) in [6.45, 7) is 1.91. The van der Waals surface area contributed by atoms with Crippen LogP contribution in [0.15, 0.2) is 29.2 Å². The molecule has 0 saturated carbocycles. The molecule has 1 aromatic carbocycles. The SMILES string of the molecule is COC(=O)CCS(=O)c1ccccc1C. The Balaban J connectivity index is 2.62. The van der Waals surface area contributed by atoms with Crippen molar-refractivity contribution in [2.75, 3.05) is 12.9 Å². The summed E-state index contributed by atoms with van der Waals surface area (Å²) in [6, 6.07) is 7.48. The predicted octanol–water partition coefficient (Wildman–Crippen LogP) is 1.67. The van der Waals surface area contributed by atoms with E-state index < -0.39 is 10.8 Å². The molecule has 0 radical (unpaired) electrons. The van der Waals surface area contributed by atoms with Gasteiger partial charge in [0.2, 0.25) is 0 Å². The molecule has 0 amide bonds. The lowest BCUT2D eigenvalue weighted by Crippen LogP contribution is -2.08. The van der Waals surface area contributed by atoms with Crippen molar-refractivity contribution in [3.05, 3.63) is 29.8 Å². The van der Waals surface area contributed by atoms with Gasteiger partial charge in [0.1, 0.15) is 0 Å². The number of esters is 1. The summed E-state index contributed by atoms with van der Waals surface area (Å²) in [4.78, 5) is 11.7. The average Bonchev–Trinajstić information content (AvgIpc) is 2.26. The van der Waals surface area contributed by atoms with E-state index in [-0.39, 0.29) is 12.4 Å². The van der Waals surface area contributed by atoms with Crippen LogP contribution in [0.3, 0.4) is 0 Å². The third-order valence-corrected chi connectivity index (χ3v) is 3.58. The molecule has 1 atom stereocenters. The van der Waals surface area contributed by atoms with E-state index in [1.54, 1.807) is 0 Å². The summed E-state index contributed by atoms with van der Waals surface area (Å²) in [5.74, 6) is -0.00529. The number of benzene rings is 1. The van der Waals surface area contributed by atoms with Crippen molar-refractivity contribution in [2.24, 2.45) is 0 Å². The van der Waals surface area contributed by atoms with Gasteiger partial charge < -0.3 is 4.74 Å². The normalized spacial score (nSPS) is 12.1.